The van der Waals surface area contributed by atoms with Crippen molar-refractivity contribution in [3.63, 3.8) is 0 Å². The Bertz CT molecular complexity index is 923. The number of benzene rings is 2. The lowest BCUT2D eigenvalue weighted by molar-refractivity contribution is 0.0697. The maximum atomic E-state index is 13.9. The van der Waals surface area contributed by atoms with E-state index in [-0.39, 0.29) is 37.0 Å². The number of halogens is 1. The topological polar surface area (TPSA) is 66.9 Å². The SMILES string of the molecule is CCCOc1ccc(C(=O)N2CCN(S(=O)(=O)c3ccccc3F)CC2)cc1. The first-order chi connectivity index (χ1) is 13.4. The van der Waals surface area contributed by atoms with Crippen molar-refractivity contribution in [3.8, 4) is 5.75 Å². The zero-order valence-electron chi connectivity index (χ0n) is 15.7. The predicted octanol–water partition coefficient (Wildman–Crippen LogP) is 2.76. The van der Waals surface area contributed by atoms with Crippen molar-refractivity contribution in [2.75, 3.05) is 32.8 Å². The molecular weight excluding hydrogens is 383 g/mol. The quantitative estimate of drug-likeness (QED) is 0.740. The van der Waals surface area contributed by atoms with E-state index in [2.05, 4.69) is 0 Å². The van der Waals surface area contributed by atoms with E-state index in [0.29, 0.717) is 17.9 Å². The predicted molar refractivity (Wildman–Crippen MR) is 103 cm³/mol. The Morgan fingerprint density at radius 2 is 1.68 bits per heavy atom. The molecule has 2 aromatic carbocycles. The first-order valence-corrected chi connectivity index (χ1v) is 10.6. The molecule has 0 aliphatic carbocycles. The highest BCUT2D eigenvalue weighted by Gasteiger charge is 2.32. The van der Waals surface area contributed by atoms with Gasteiger partial charge in [-0.15, -0.1) is 0 Å². The van der Waals surface area contributed by atoms with Crippen LogP contribution in [0.3, 0.4) is 0 Å². The molecule has 1 fully saturated rings. The third kappa shape index (κ3) is 4.34. The average molecular weight is 406 g/mol. The average Bonchev–Trinajstić information content (AvgIpc) is 2.72. The number of carbonyl (C=O) groups excluding carboxylic acids is 1. The molecule has 6 nitrogen and oxygen atoms in total. The van der Waals surface area contributed by atoms with Crippen LogP contribution in [-0.2, 0) is 10.0 Å². The lowest BCUT2D eigenvalue weighted by Crippen LogP contribution is -2.50. The summed E-state index contributed by atoms with van der Waals surface area (Å²) in [5.74, 6) is -0.226. The number of sulfonamides is 1. The van der Waals surface area contributed by atoms with E-state index in [0.717, 1.165) is 12.5 Å². The maximum absolute atomic E-state index is 13.9. The van der Waals surface area contributed by atoms with E-state index >= 15 is 0 Å². The second kappa shape index (κ2) is 8.70. The van der Waals surface area contributed by atoms with Crippen LogP contribution in [-0.4, -0.2) is 56.3 Å². The van der Waals surface area contributed by atoms with E-state index in [1.54, 1.807) is 29.2 Å². The minimum atomic E-state index is -3.92. The third-order valence-electron chi connectivity index (χ3n) is 4.55. The Morgan fingerprint density at radius 3 is 2.29 bits per heavy atom. The molecule has 1 heterocycles. The largest absolute Gasteiger partial charge is 0.494 e. The molecule has 0 unspecified atom stereocenters. The molecule has 0 bridgehead atoms. The molecule has 1 amide bonds. The summed E-state index contributed by atoms with van der Waals surface area (Å²) in [5, 5.41) is 0. The number of hydrogen-bond donors (Lipinski definition) is 0. The number of amides is 1. The van der Waals surface area contributed by atoms with Crippen LogP contribution in [0.1, 0.15) is 23.7 Å². The van der Waals surface area contributed by atoms with E-state index in [1.807, 2.05) is 6.92 Å². The van der Waals surface area contributed by atoms with Gasteiger partial charge in [0.05, 0.1) is 6.61 Å². The Labute approximate surface area is 164 Å². The van der Waals surface area contributed by atoms with E-state index in [9.17, 15) is 17.6 Å². The Morgan fingerprint density at radius 1 is 1.04 bits per heavy atom. The standard InChI is InChI=1S/C20H23FN2O4S/c1-2-15-27-17-9-7-16(8-10-17)20(24)22-11-13-23(14-12-22)28(25,26)19-6-4-3-5-18(19)21/h3-10H,2,11-15H2,1H3. The van der Waals surface area contributed by atoms with Crippen LogP contribution >= 0.6 is 0 Å². The van der Waals surface area contributed by atoms with E-state index in [1.165, 1.54) is 22.5 Å². The van der Waals surface area contributed by atoms with Crippen LogP contribution in [0.2, 0.25) is 0 Å². The van der Waals surface area contributed by atoms with Gasteiger partial charge >= 0.3 is 0 Å². The van der Waals surface area contributed by atoms with Gasteiger partial charge in [-0.05, 0) is 42.8 Å². The summed E-state index contributed by atoms with van der Waals surface area (Å²) < 4.78 is 45.9. The van der Waals surface area contributed by atoms with Gasteiger partial charge in [-0.25, -0.2) is 12.8 Å². The van der Waals surface area contributed by atoms with Crippen LogP contribution in [0.4, 0.5) is 4.39 Å². The lowest BCUT2D eigenvalue weighted by Gasteiger charge is -2.34. The fourth-order valence-electron chi connectivity index (χ4n) is 3.02. The van der Waals surface area contributed by atoms with Crippen LogP contribution in [0.25, 0.3) is 0 Å². The Kier molecular flexibility index (Phi) is 6.31. The van der Waals surface area contributed by atoms with Gasteiger partial charge in [0.1, 0.15) is 16.5 Å². The van der Waals surface area contributed by atoms with Crippen molar-refractivity contribution in [1.82, 2.24) is 9.21 Å². The van der Waals surface area contributed by atoms with Gasteiger partial charge in [0.25, 0.3) is 5.91 Å². The molecule has 1 saturated heterocycles. The molecule has 2 aromatic rings. The summed E-state index contributed by atoms with van der Waals surface area (Å²) >= 11 is 0. The maximum Gasteiger partial charge on any atom is 0.253 e. The molecule has 28 heavy (non-hydrogen) atoms. The number of piperazine rings is 1. The number of carbonyl (C=O) groups is 1. The monoisotopic (exact) mass is 406 g/mol. The van der Waals surface area contributed by atoms with Crippen molar-refractivity contribution in [1.29, 1.82) is 0 Å². The molecule has 1 aliphatic rings. The summed E-state index contributed by atoms with van der Waals surface area (Å²) in [4.78, 5) is 13.9. The second-order valence-electron chi connectivity index (χ2n) is 6.50. The van der Waals surface area contributed by atoms with Gasteiger partial charge in [0.15, 0.2) is 0 Å². The highest BCUT2D eigenvalue weighted by atomic mass is 32.2. The van der Waals surface area contributed by atoms with Crippen molar-refractivity contribution in [2.45, 2.75) is 18.2 Å². The van der Waals surface area contributed by atoms with Crippen LogP contribution in [0.15, 0.2) is 53.4 Å². The Hall–Kier alpha value is -2.45. The lowest BCUT2D eigenvalue weighted by atomic mass is 10.2. The number of nitrogens with zero attached hydrogens (tertiary/aromatic N) is 2. The molecule has 0 radical (unpaired) electrons. The highest BCUT2D eigenvalue weighted by molar-refractivity contribution is 7.89. The fraction of sp³-hybridized carbons (Fsp3) is 0.350. The van der Waals surface area contributed by atoms with Crippen molar-refractivity contribution >= 4 is 15.9 Å². The molecule has 0 spiro atoms. The van der Waals surface area contributed by atoms with Crippen molar-refractivity contribution in [2.24, 2.45) is 0 Å². The van der Waals surface area contributed by atoms with E-state index < -0.39 is 15.8 Å². The smallest absolute Gasteiger partial charge is 0.253 e. The zero-order valence-corrected chi connectivity index (χ0v) is 16.5. The summed E-state index contributed by atoms with van der Waals surface area (Å²) in [7, 11) is -3.92. The summed E-state index contributed by atoms with van der Waals surface area (Å²) in [6.07, 6.45) is 0.904. The molecule has 1 aliphatic heterocycles. The van der Waals surface area contributed by atoms with Crippen LogP contribution in [0, 0.1) is 5.82 Å². The normalized spacial score (nSPS) is 15.4. The van der Waals surface area contributed by atoms with Crippen molar-refractivity contribution < 1.29 is 22.3 Å². The number of hydrogen-bond acceptors (Lipinski definition) is 4. The molecule has 0 atom stereocenters. The summed E-state index contributed by atoms with van der Waals surface area (Å²) in [5.41, 5.74) is 0.522. The van der Waals surface area contributed by atoms with E-state index in [4.69, 9.17) is 4.74 Å². The summed E-state index contributed by atoms with van der Waals surface area (Å²) in [6, 6.07) is 12.2. The van der Waals surface area contributed by atoms with Gasteiger partial charge < -0.3 is 9.64 Å². The molecule has 0 aromatic heterocycles. The van der Waals surface area contributed by atoms with Crippen LogP contribution in [0.5, 0.6) is 5.75 Å². The molecule has 0 saturated carbocycles. The van der Waals surface area contributed by atoms with Gasteiger partial charge in [-0.3, -0.25) is 4.79 Å². The highest BCUT2D eigenvalue weighted by Crippen LogP contribution is 2.21. The third-order valence-corrected chi connectivity index (χ3v) is 6.49. The Balaban J connectivity index is 1.63. The van der Waals surface area contributed by atoms with Crippen LogP contribution < -0.4 is 4.74 Å². The van der Waals surface area contributed by atoms with Gasteiger partial charge in [0.2, 0.25) is 10.0 Å². The van der Waals surface area contributed by atoms with Gasteiger partial charge in [0, 0.05) is 31.7 Å². The first-order valence-electron chi connectivity index (χ1n) is 9.20. The molecule has 0 N–H and O–H groups in total. The molecule has 8 heteroatoms. The minimum absolute atomic E-state index is 0.125. The van der Waals surface area contributed by atoms with Crippen molar-refractivity contribution in [3.05, 3.63) is 59.9 Å². The second-order valence-corrected chi connectivity index (χ2v) is 8.41. The zero-order chi connectivity index (χ0) is 20.1. The fourth-order valence-corrected chi connectivity index (χ4v) is 4.51. The molecular formula is C20H23FN2O4S. The number of rotatable bonds is 6. The number of ether oxygens (including phenoxy) is 1. The van der Waals surface area contributed by atoms with Gasteiger partial charge in [-0.1, -0.05) is 19.1 Å². The minimum Gasteiger partial charge on any atom is -0.494 e. The molecule has 3 rings (SSSR count). The first kappa shape index (κ1) is 20.3. The summed E-state index contributed by atoms with van der Waals surface area (Å²) in [6.45, 7) is 3.39. The molecule has 150 valence electrons. The van der Waals surface area contributed by atoms with Gasteiger partial charge in [-0.2, -0.15) is 4.31 Å².